The number of para-hydroxylation sites is 2. The van der Waals surface area contributed by atoms with Gasteiger partial charge in [-0.05, 0) is 36.4 Å². The van der Waals surface area contributed by atoms with Crippen molar-refractivity contribution in [1.82, 2.24) is 4.40 Å². The Morgan fingerprint density at radius 1 is 0.632 bits per heavy atom. The lowest BCUT2D eigenvalue weighted by molar-refractivity contribution is 0.670. The molecule has 0 saturated heterocycles. The van der Waals surface area contributed by atoms with Gasteiger partial charge in [-0.25, -0.2) is 0 Å². The number of anilines is 1. The lowest BCUT2D eigenvalue weighted by Crippen LogP contribution is -2.10. The van der Waals surface area contributed by atoms with Crippen LogP contribution in [0.25, 0.3) is 82.0 Å². The Kier molecular flexibility index (Phi) is 3.53. The first-order chi connectivity index (χ1) is 18.7. The third kappa shape index (κ3) is 2.26. The normalized spacial score (nSPS) is 12.9. The maximum Gasteiger partial charge on any atom is 0.160 e. The summed E-state index contributed by atoms with van der Waals surface area (Å²) in [6.45, 7) is 0. The Bertz CT molecular complexity index is 2280. The Labute approximate surface area is 215 Å². The van der Waals surface area contributed by atoms with Gasteiger partial charge < -0.3 is 19.0 Å². The van der Waals surface area contributed by atoms with Crippen molar-refractivity contribution in [3.8, 4) is 0 Å². The van der Waals surface area contributed by atoms with E-state index in [1.807, 2.05) is 31.3 Å². The van der Waals surface area contributed by atoms with Gasteiger partial charge in [0.25, 0.3) is 0 Å². The van der Waals surface area contributed by atoms with Crippen molar-refractivity contribution in [3.05, 3.63) is 84.9 Å². The third-order valence-electron chi connectivity index (χ3n) is 8.00. The minimum absolute atomic E-state index is 0.877. The molecule has 0 aliphatic rings. The minimum Gasteiger partial charge on any atom is -0.454 e. The molecule has 4 heterocycles. The van der Waals surface area contributed by atoms with E-state index in [9.17, 15) is 0 Å². The number of rotatable bonds is 2. The first-order valence-corrected chi connectivity index (χ1v) is 12.6. The molecule has 0 spiro atoms. The van der Waals surface area contributed by atoms with Crippen LogP contribution in [0.3, 0.4) is 0 Å². The monoisotopic (exact) mass is 492 g/mol. The predicted octanol–water partition coefficient (Wildman–Crippen LogP) is 7.97. The van der Waals surface area contributed by atoms with Crippen molar-refractivity contribution in [2.75, 3.05) is 12.1 Å². The number of hydrazone groups is 1. The van der Waals surface area contributed by atoms with Gasteiger partial charge in [-0.1, -0.05) is 48.5 Å². The number of fused-ring (bicyclic) bond motifs is 14. The van der Waals surface area contributed by atoms with E-state index in [4.69, 9.17) is 14.6 Å². The minimum atomic E-state index is 0.877. The van der Waals surface area contributed by atoms with Crippen molar-refractivity contribution >= 4 is 94.0 Å². The first-order valence-electron chi connectivity index (χ1n) is 12.6. The van der Waals surface area contributed by atoms with E-state index in [-0.39, 0.29) is 0 Å². The molecule has 38 heavy (non-hydrogen) atoms. The van der Waals surface area contributed by atoms with Crippen LogP contribution in [-0.4, -0.2) is 17.8 Å². The van der Waals surface area contributed by atoms with E-state index in [0.717, 1.165) is 87.7 Å². The van der Waals surface area contributed by atoms with Gasteiger partial charge in [-0.2, -0.15) is 5.10 Å². The van der Waals surface area contributed by atoms with Gasteiger partial charge in [0.1, 0.15) is 17.5 Å². The molecule has 0 radical (unpaired) electrons. The van der Waals surface area contributed by atoms with Gasteiger partial charge in [0.05, 0.1) is 22.2 Å². The van der Waals surface area contributed by atoms with Crippen molar-refractivity contribution in [2.24, 2.45) is 10.8 Å². The van der Waals surface area contributed by atoms with Crippen molar-refractivity contribution in [2.45, 2.75) is 0 Å². The van der Waals surface area contributed by atoms with Crippen LogP contribution in [0.15, 0.2) is 98.9 Å². The zero-order valence-electron chi connectivity index (χ0n) is 20.4. The molecule has 9 aromatic rings. The van der Waals surface area contributed by atoms with Crippen LogP contribution in [0.2, 0.25) is 0 Å². The second kappa shape index (κ2) is 6.75. The molecule has 0 unspecified atom stereocenters. The highest BCUT2D eigenvalue weighted by Crippen LogP contribution is 2.47. The smallest absolute Gasteiger partial charge is 0.160 e. The number of benzene rings is 5. The van der Waals surface area contributed by atoms with Gasteiger partial charge in [0.15, 0.2) is 11.2 Å². The number of nitrogens with zero attached hydrogens (tertiary/aromatic N) is 3. The summed E-state index contributed by atoms with van der Waals surface area (Å²) in [6.07, 6.45) is 1.32. The molecule has 0 saturated carbocycles. The van der Waals surface area contributed by atoms with E-state index in [0.29, 0.717) is 0 Å². The topological polar surface area (TPSA) is 72.3 Å². The number of hydrogen-bond donors (Lipinski definition) is 1. The van der Waals surface area contributed by atoms with Crippen molar-refractivity contribution < 1.29 is 8.83 Å². The fourth-order valence-corrected chi connectivity index (χ4v) is 6.39. The second-order valence-electron chi connectivity index (χ2n) is 9.89. The molecule has 9 rings (SSSR count). The van der Waals surface area contributed by atoms with E-state index < -0.39 is 0 Å². The summed E-state index contributed by atoms with van der Waals surface area (Å²) in [7, 11) is 1.91. The summed E-state index contributed by atoms with van der Waals surface area (Å²) in [4.78, 5) is 0. The van der Waals surface area contributed by atoms with E-state index >= 15 is 0 Å². The molecule has 2 N–H and O–H groups in total. The van der Waals surface area contributed by atoms with Crippen LogP contribution >= 0.6 is 0 Å². The molecule has 0 atom stereocenters. The standard InChI is InChI=1S/C32H20N4O2/c1-35(34-16-33)17-14-24-20-10-12-22-18-6-2-4-8-26(18)37-31(22)29(20)36-28(24)25(15-17)21-11-13-23-19-7-3-5-9-27(19)38-32(23)30(21)36/h2-16H,1H3,(H2,33,34). The summed E-state index contributed by atoms with van der Waals surface area (Å²) >= 11 is 0. The van der Waals surface area contributed by atoms with Crippen molar-refractivity contribution in [3.63, 3.8) is 0 Å². The quantitative estimate of drug-likeness (QED) is 0.151. The highest BCUT2D eigenvalue weighted by Gasteiger charge is 2.25. The number of nitrogens with two attached hydrogens (primary N) is 1. The zero-order chi connectivity index (χ0) is 25.1. The molecule has 5 aromatic carbocycles. The fraction of sp³-hybridized carbons (Fsp3) is 0.0312. The molecule has 6 nitrogen and oxygen atoms in total. The van der Waals surface area contributed by atoms with Crippen LogP contribution in [0.4, 0.5) is 5.69 Å². The van der Waals surface area contributed by atoms with E-state index in [1.54, 1.807) is 5.01 Å². The van der Waals surface area contributed by atoms with E-state index in [1.165, 1.54) is 6.34 Å². The number of furan rings is 2. The largest absolute Gasteiger partial charge is 0.454 e. The lowest BCUT2D eigenvalue weighted by Gasteiger charge is -2.13. The van der Waals surface area contributed by atoms with Crippen LogP contribution in [-0.2, 0) is 0 Å². The molecule has 4 aromatic heterocycles. The second-order valence-corrected chi connectivity index (χ2v) is 9.89. The Morgan fingerprint density at radius 3 is 1.66 bits per heavy atom. The molecule has 0 aliphatic carbocycles. The molecule has 0 amide bonds. The summed E-state index contributed by atoms with van der Waals surface area (Å²) < 4.78 is 15.5. The Morgan fingerprint density at radius 2 is 1.13 bits per heavy atom. The molecule has 6 heteroatoms. The lowest BCUT2D eigenvalue weighted by atomic mass is 10.0. The van der Waals surface area contributed by atoms with Gasteiger partial charge in [0, 0.05) is 50.1 Å². The molecular weight excluding hydrogens is 472 g/mol. The summed E-state index contributed by atoms with van der Waals surface area (Å²) in [5.41, 5.74) is 13.3. The highest BCUT2D eigenvalue weighted by atomic mass is 16.3. The first kappa shape index (κ1) is 19.9. The number of aromatic nitrogens is 1. The zero-order valence-corrected chi connectivity index (χ0v) is 20.4. The Balaban J connectivity index is 1.60. The third-order valence-corrected chi connectivity index (χ3v) is 8.00. The average molecular weight is 493 g/mol. The van der Waals surface area contributed by atoms with Gasteiger partial charge in [0.2, 0.25) is 0 Å². The molecule has 0 aliphatic heterocycles. The maximum atomic E-state index is 6.56. The highest BCUT2D eigenvalue weighted by molar-refractivity contribution is 6.31. The summed E-state index contributed by atoms with van der Waals surface area (Å²) in [6, 6.07) is 29.6. The van der Waals surface area contributed by atoms with E-state index in [2.05, 4.69) is 70.2 Å². The summed E-state index contributed by atoms with van der Waals surface area (Å²) in [5.74, 6) is 0. The van der Waals surface area contributed by atoms with Crippen LogP contribution in [0, 0.1) is 0 Å². The van der Waals surface area contributed by atoms with Gasteiger partial charge >= 0.3 is 0 Å². The molecule has 0 fully saturated rings. The number of hydrogen-bond acceptors (Lipinski definition) is 4. The van der Waals surface area contributed by atoms with Crippen LogP contribution in [0.5, 0.6) is 0 Å². The maximum absolute atomic E-state index is 6.56. The van der Waals surface area contributed by atoms with Crippen molar-refractivity contribution in [1.29, 1.82) is 0 Å². The molecular formula is C32H20N4O2. The van der Waals surface area contributed by atoms with Crippen LogP contribution < -0.4 is 10.7 Å². The molecule has 0 bridgehead atoms. The summed E-state index contributed by atoms with van der Waals surface area (Å²) in [5, 5.41) is 15.1. The Hall–Kier alpha value is -5.23. The van der Waals surface area contributed by atoms with Gasteiger partial charge in [-0.15, -0.1) is 0 Å². The van der Waals surface area contributed by atoms with Crippen LogP contribution in [0.1, 0.15) is 0 Å². The van der Waals surface area contributed by atoms with Gasteiger partial charge in [-0.3, -0.25) is 5.01 Å². The predicted molar refractivity (Wildman–Crippen MR) is 157 cm³/mol. The average Bonchev–Trinajstić information content (AvgIpc) is 3.68. The fourth-order valence-electron chi connectivity index (χ4n) is 6.39. The molecule has 180 valence electrons. The SMILES string of the molecule is CN(/N=C/N)c1cc2c3ccc4c5ccccc5oc4c3n3c2c(c1)c1ccc2c4ccccc4oc2c13.